The molecule has 1 nitrogen and oxygen atoms in total. The van der Waals surface area contributed by atoms with E-state index >= 15 is 0 Å². The summed E-state index contributed by atoms with van der Waals surface area (Å²) in [5.41, 5.74) is 7.21. The van der Waals surface area contributed by atoms with Gasteiger partial charge in [0, 0.05) is 6.04 Å². The maximum Gasteiger partial charge on any atom is 0.00962 e. The third kappa shape index (κ3) is 1.21. The minimum Gasteiger partial charge on any atom is -0.327 e. The highest BCUT2D eigenvalue weighted by Crippen LogP contribution is 2.64. The topological polar surface area (TPSA) is 26.0 Å². The van der Waals surface area contributed by atoms with Crippen LogP contribution in [0.3, 0.4) is 0 Å². The molecule has 0 saturated heterocycles. The van der Waals surface area contributed by atoms with Crippen molar-refractivity contribution in [1.29, 1.82) is 0 Å². The fourth-order valence-electron chi connectivity index (χ4n) is 6.16. The lowest BCUT2D eigenvalue weighted by atomic mass is 9.45. The Labute approximate surface area is 99.2 Å². The summed E-state index contributed by atoms with van der Waals surface area (Å²) in [5, 5.41) is 0. The Morgan fingerprint density at radius 3 is 2.12 bits per heavy atom. The van der Waals surface area contributed by atoms with Crippen LogP contribution in [-0.4, -0.2) is 6.04 Å². The second-order valence-electron chi connectivity index (χ2n) is 7.39. The molecule has 16 heavy (non-hydrogen) atoms. The van der Waals surface area contributed by atoms with Gasteiger partial charge in [0.25, 0.3) is 0 Å². The molecule has 5 saturated carbocycles. The minimum absolute atomic E-state index is 0.575. The van der Waals surface area contributed by atoms with Crippen molar-refractivity contribution in [2.45, 2.75) is 63.8 Å². The molecule has 0 amide bonds. The SMILES string of the molecule is NC1C2CC3CC1CC(C1CCCC1)(C3)C2. The first kappa shape index (κ1) is 9.94. The monoisotopic (exact) mass is 219 g/mol. The zero-order valence-electron chi connectivity index (χ0n) is 10.3. The van der Waals surface area contributed by atoms with E-state index in [4.69, 9.17) is 5.73 Å². The van der Waals surface area contributed by atoms with E-state index < -0.39 is 0 Å². The molecule has 5 aliphatic carbocycles. The zero-order valence-corrected chi connectivity index (χ0v) is 10.3. The second kappa shape index (κ2) is 3.25. The molecule has 5 rings (SSSR count). The minimum atomic E-state index is 0.575. The fourth-order valence-corrected chi connectivity index (χ4v) is 6.16. The number of rotatable bonds is 1. The third-order valence-corrected chi connectivity index (χ3v) is 6.61. The second-order valence-corrected chi connectivity index (χ2v) is 7.39. The van der Waals surface area contributed by atoms with Crippen LogP contribution in [0.1, 0.15) is 57.8 Å². The molecule has 5 fully saturated rings. The lowest BCUT2D eigenvalue weighted by molar-refractivity contribution is -0.0972. The van der Waals surface area contributed by atoms with Crippen molar-refractivity contribution in [2.75, 3.05) is 0 Å². The quantitative estimate of drug-likeness (QED) is 0.719. The van der Waals surface area contributed by atoms with E-state index in [9.17, 15) is 0 Å². The van der Waals surface area contributed by atoms with Crippen LogP contribution in [0.25, 0.3) is 0 Å². The van der Waals surface area contributed by atoms with Gasteiger partial charge in [0.15, 0.2) is 0 Å². The Hall–Kier alpha value is -0.0400. The molecule has 90 valence electrons. The lowest BCUT2D eigenvalue weighted by Crippen LogP contribution is -2.58. The largest absolute Gasteiger partial charge is 0.327 e. The third-order valence-electron chi connectivity index (χ3n) is 6.61. The summed E-state index contributed by atoms with van der Waals surface area (Å²) in [6.07, 6.45) is 13.7. The smallest absolute Gasteiger partial charge is 0.00962 e. The van der Waals surface area contributed by atoms with E-state index in [0.717, 1.165) is 29.1 Å². The average Bonchev–Trinajstić information content (AvgIpc) is 2.78. The van der Waals surface area contributed by atoms with Crippen molar-refractivity contribution in [3.63, 3.8) is 0 Å². The van der Waals surface area contributed by atoms with Crippen LogP contribution < -0.4 is 5.73 Å². The molecule has 0 spiro atoms. The number of nitrogens with two attached hydrogens (primary N) is 1. The van der Waals surface area contributed by atoms with E-state index in [1.807, 2.05) is 0 Å². The molecule has 0 aromatic heterocycles. The average molecular weight is 219 g/mol. The van der Waals surface area contributed by atoms with Gasteiger partial charge in [-0.1, -0.05) is 12.8 Å². The first-order valence-corrected chi connectivity index (χ1v) is 7.52. The van der Waals surface area contributed by atoms with E-state index in [0.29, 0.717) is 6.04 Å². The van der Waals surface area contributed by atoms with Crippen LogP contribution in [-0.2, 0) is 0 Å². The molecule has 0 aromatic carbocycles. The molecule has 0 heterocycles. The summed E-state index contributed by atoms with van der Waals surface area (Å²) < 4.78 is 0. The van der Waals surface area contributed by atoms with Gasteiger partial charge in [-0.25, -0.2) is 0 Å². The van der Waals surface area contributed by atoms with Gasteiger partial charge < -0.3 is 5.73 Å². The molecule has 2 unspecified atom stereocenters. The highest BCUT2D eigenvalue weighted by atomic mass is 14.8. The predicted molar refractivity (Wildman–Crippen MR) is 65.9 cm³/mol. The van der Waals surface area contributed by atoms with Crippen LogP contribution in [0.5, 0.6) is 0 Å². The van der Waals surface area contributed by atoms with Gasteiger partial charge in [-0.3, -0.25) is 0 Å². The molecule has 0 aromatic rings. The van der Waals surface area contributed by atoms with Crippen LogP contribution in [0.4, 0.5) is 0 Å². The molecule has 0 radical (unpaired) electrons. The predicted octanol–water partition coefficient (Wildman–Crippen LogP) is 3.33. The van der Waals surface area contributed by atoms with Crippen LogP contribution in [0.2, 0.25) is 0 Å². The number of hydrogen-bond donors (Lipinski definition) is 1. The van der Waals surface area contributed by atoms with Crippen molar-refractivity contribution in [2.24, 2.45) is 34.8 Å². The summed E-state index contributed by atoms with van der Waals surface area (Å²) in [4.78, 5) is 0. The highest BCUT2D eigenvalue weighted by molar-refractivity contribution is 5.08. The zero-order chi connectivity index (χ0) is 10.8. The Morgan fingerprint density at radius 1 is 0.875 bits per heavy atom. The molecule has 4 bridgehead atoms. The first-order chi connectivity index (χ1) is 7.77. The van der Waals surface area contributed by atoms with Gasteiger partial charge >= 0.3 is 0 Å². The van der Waals surface area contributed by atoms with E-state index in [1.54, 1.807) is 19.3 Å². The van der Waals surface area contributed by atoms with Gasteiger partial charge in [0.1, 0.15) is 0 Å². The van der Waals surface area contributed by atoms with Crippen molar-refractivity contribution in [1.82, 2.24) is 0 Å². The highest BCUT2D eigenvalue weighted by Gasteiger charge is 2.56. The van der Waals surface area contributed by atoms with E-state index in [2.05, 4.69) is 0 Å². The summed E-state index contributed by atoms with van der Waals surface area (Å²) in [5.74, 6) is 3.98. The van der Waals surface area contributed by atoms with Crippen LogP contribution in [0.15, 0.2) is 0 Å². The van der Waals surface area contributed by atoms with Gasteiger partial charge in [-0.05, 0) is 74.0 Å². The Bertz CT molecular complexity index is 276. The van der Waals surface area contributed by atoms with Gasteiger partial charge in [-0.15, -0.1) is 0 Å². The van der Waals surface area contributed by atoms with Crippen molar-refractivity contribution >= 4 is 0 Å². The lowest BCUT2D eigenvalue weighted by Gasteiger charge is -2.61. The molecular formula is C15H25N. The van der Waals surface area contributed by atoms with Crippen molar-refractivity contribution in [3.05, 3.63) is 0 Å². The maximum atomic E-state index is 6.42. The Kier molecular flexibility index (Phi) is 2.02. The molecular weight excluding hydrogens is 194 g/mol. The summed E-state index contributed by atoms with van der Waals surface area (Å²) in [6, 6.07) is 0.575. The summed E-state index contributed by atoms with van der Waals surface area (Å²) in [6.45, 7) is 0. The van der Waals surface area contributed by atoms with Crippen LogP contribution >= 0.6 is 0 Å². The van der Waals surface area contributed by atoms with Gasteiger partial charge in [-0.2, -0.15) is 0 Å². The molecule has 5 aliphatic rings. The maximum absolute atomic E-state index is 6.42. The molecule has 2 N–H and O–H groups in total. The summed E-state index contributed by atoms with van der Waals surface area (Å²) >= 11 is 0. The standard InChI is InChI=1S/C15H25N/c16-14-11-5-10-6-12(14)9-15(7-10,8-11)13-3-1-2-4-13/h10-14H,1-9,16H2. The molecule has 1 heteroatoms. The van der Waals surface area contributed by atoms with E-state index in [1.165, 1.54) is 38.5 Å². The van der Waals surface area contributed by atoms with Crippen LogP contribution in [0, 0.1) is 29.1 Å². The van der Waals surface area contributed by atoms with Crippen molar-refractivity contribution < 1.29 is 0 Å². The fraction of sp³-hybridized carbons (Fsp3) is 1.00. The molecule has 0 aliphatic heterocycles. The number of hydrogen-bond acceptors (Lipinski definition) is 1. The van der Waals surface area contributed by atoms with Gasteiger partial charge in [0.05, 0.1) is 0 Å². The Balaban J connectivity index is 1.65. The normalized spacial score (nSPS) is 56.1. The molecule has 2 atom stereocenters. The first-order valence-electron chi connectivity index (χ1n) is 7.52. The summed E-state index contributed by atoms with van der Waals surface area (Å²) in [7, 11) is 0. The van der Waals surface area contributed by atoms with E-state index in [-0.39, 0.29) is 0 Å². The van der Waals surface area contributed by atoms with Crippen molar-refractivity contribution in [3.8, 4) is 0 Å². The Morgan fingerprint density at radius 2 is 1.50 bits per heavy atom. The van der Waals surface area contributed by atoms with Gasteiger partial charge in [0.2, 0.25) is 0 Å².